The van der Waals surface area contributed by atoms with Crippen molar-refractivity contribution in [3.8, 4) is 11.3 Å². The summed E-state index contributed by atoms with van der Waals surface area (Å²) in [7, 11) is 0. The van der Waals surface area contributed by atoms with E-state index in [1.807, 2.05) is 5.38 Å². The van der Waals surface area contributed by atoms with Crippen molar-refractivity contribution in [1.29, 1.82) is 0 Å². The minimum atomic E-state index is -0.948. The number of nitrogens with one attached hydrogen (secondary N) is 2. The van der Waals surface area contributed by atoms with Crippen LogP contribution in [0.25, 0.3) is 11.3 Å². The number of anilines is 1. The SMILES string of the molecule is O=C(CCCNC(=O)c1cccs1)Nc1nc(-c2ccc(F)c(F)c2)cs1. The van der Waals surface area contributed by atoms with Gasteiger partial charge in [-0.15, -0.1) is 22.7 Å². The summed E-state index contributed by atoms with van der Waals surface area (Å²) in [5.74, 6) is -2.25. The molecule has 0 fully saturated rings. The summed E-state index contributed by atoms with van der Waals surface area (Å²) in [6.07, 6.45) is 0.717. The van der Waals surface area contributed by atoms with Crippen molar-refractivity contribution in [1.82, 2.24) is 10.3 Å². The fourth-order valence-corrected chi connectivity index (χ4v) is 3.62. The third kappa shape index (κ3) is 5.18. The van der Waals surface area contributed by atoms with Crippen LogP contribution in [0, 0.1) is 11.6 Å². The predicted octanol–water partition coefficient (Wildman–Crippen LogP) is 4.30. The molecule has 0 atom stereocenters. The molecule has 3 aromatic rings. The second kappa shape index (κ2) is 8.83. The van der Waals surface area contributed by atoms with E-state index in [1.165, 1.54) is 28.7 Å². The van der Waals surface area contributed by atoms with Crippen LogP contribution in [0.15, 0.2) is 41.1 Å². The molecule has 27 heavy (non-hydrogen) atoms. The molecule has 9 heteroatoms. The lowest BCUT2D eigenvalue weighted by atomic mass is 10.2. The first-order valence-corrected chi connectivity index (χ1v) is 9.81. The fraction of sp³-hybridized carbons (Fsp3) is 0.167. The highest BCUT2D eigenvalue weighted by atomic mass is 32.1. The number of aromatic nitrogens is 1. The molecule has 5 nitrogen and oxygen atoms in total. The van der Waals surface area contributed by atoms with Crippen molar-refractivity contribution in [2.45, 2.75) is 12.8 Å². The third-order valence-corrected chi connectivity index (χ3v) is 5.20. The van der Waals surface area contributed by atoms with Gasteiger partial charge in [0.15, 0.2) is 16.8 Å². The van der Waals surface area contributed by atoms with Crippen LogP contribution in [0.4, 0.5) is 13.9 Å². The summed E-state index contributed by atoms with van der Waals surface area (Å²) < 4.78 is 26.3. The van der Waals surface area contributed by atoms with Crippen molar-refractivity contribution >= 4 is 39.6 Å². The minimum absolute atomic E-state index is 0.151. The van der Waals surface area contributed by atoms with Gasteiger partial charge in [0.05, 0.1) is 10.6 Å². The third-order valence-electron chi connectivity index (χ3n) is 3.58. The second-order valence-corrected chi connectivity index (χ2v) is 7.36. The van der Waals surface area contributed by atoms with Crippen LogP contribution in [-0.4, -0.2) is 23.3 Å². The maximum absolute atomic E-state index is 13.3. The fourth-order valence-electron chi connectivity index (χ4n) is 2.25. The molecule has 0 aliphatic heterocycles. The largest absolute Gasteiger partial charge is 0.351 e. The Morgan fingerprint density at radius 1 is 1.11 bits per heavy atom. The minimum Gasteiger partial charge on any atom is -0.351 e. The summed E-state index contributed by atoms with van der Waals surface area (Å²) in [6, 6.07) is 7.06. The maximum atomic E-state index is 13.3. The van der Waals surface area contributed by atoms with E-state index in [0.29, 0.717) is 34.2 Å². The summed E-state index contributed by atoms with van der Waals surface area (Å²) in [5, 5.41) is 9.27. The lowest BCUT2D eigenvalue weighted by molar-refractivity contribution is -0.116. The highest BCUT2D eigenvalue weighted by molar-refractivity contribution is 7.14. The Balaban J connectivity index is 1.45. The molecule has 2 amide bonds. The first kappa shape index (κ1) is 19.1. The number of thiazole rings is 1. The van der Waals surface area contributed by atoms with Gasteiger partial charge in [-0.1, -0.05) is 6.07 Å². The van der Waals surface area contributed by atoms with Crippen LogP contribution in [0.2, 0.25) is 0 Å². The number of carbonyl (C=O) groups is 2. The molecular weight excluding hydrogens is 392 g/mol. The summed E-state index contributed by atoms with van der Waals surface area (Å²) >= 11 is 2.55. The Bertz CT molecular complexity index is 942. The number of hydrogen-bond acceptors (Lipinski definition) is 5. The zero-order chi connectivity index (χ0) is 19.2. The highest BCUT2D eigenvalue weighted by Gasteiger charge is 2.11. The second-order valence-electron chi connectivity index (χ2n) is 5.55. The van der Waals surface area contributed by atoms with Crippen LogP contribution in [0.1, 0.15) is 22.5 Å². The zero-order valence-electron chi connectivity index (χ0n) is 14.0. The molecule has 2 N–H and O–H groups in total. The van der Waals surface area contributed by atoms with Crippen molar-refractivity contribution in [3.63, 3.8) is 0 Å². The number of nitrogens with zero attached hydrogens (tertiary/aromatic N) is 1. The van der Waals surface area contributed by atoms with Gasteiger partial charge in [-0.25, -0.2) is 13.8 Å². The molecule has 1 aromatic carbocycles. The normalized spacial score (nSPS) is 10.6. The zero-order valence-corrected chi connectivity index (χ0v) is 15.6. The van der Waals surface area contributed by atoms with Gasteiger partial charge >= 0.3 is 0 Å². The molecule has 2 heterocycles. The molecule has 0 aliphatic carbocycles. The monoisotopic (exact) mass is 407 g/mol. The summed E-state index contributed by atoms with van der Waals surface area (Å²) in [6.45, 7) is 0.391. The average Bonchev–Trinajstić information content (AvgIpc) is 3.33. The van der Waals surface area contributed by atoms with Gasteiger partial charge in [0.25, 0.3) is 5.91 Å². The van der Waals surface area contributed by atoms with Gasteiger partial charge in [0.2, 0.25) is 5.91 Å². The van der Waals surface area contributed by atoms with Gasteiger partial charge in [-0.3, -0.25) is 9.59 Å². The number of hydrogen-bond donors (Lipinski definition) is 2. The van der Waals surface area contributed by atoms with Gasteiger partial charge < -0.3 is 10.6 Å². The van der Waals surface area contributed by atoms with Gasteiger partial charge in [0.1, 0.15) is 0 Å². The van der Waals surface area contributed by atoms with Crippen molar-refractivity contribution in [2.24, 2.45) is 0 Å². The Labute approximate surface area is 162 Å². The maximum Gasteiger partial charge on any atom is 0.261 e. The van der Waals surface area contributed by atoms with Crippen molar-refractivity contribution in [3.05, 3.63) is 57.6 Å². The van der Waals surface area contributed by atoms with Crippen LogP contribution in [0.5, 0.6) is 0 Å². The molecular formula is C18H15F2N3O2S2. The number of halogens is 2. The Kier molecular flexibility index (Phi) is 6.25. The van der Waals surface area contributed by atoms with Crippen molar-refractivity contribution in [2.75, 3.05) is 11.9 Å². The Morgan fingerprint density at radius 2 is 1.96 bits per heavy atom. The van der Waals surface area contributed by atoms with E-state index in [4.69, 9.17) is 0 Å². The molecule has 0 aliphatic rings. The van der Waals surface area contributed by atoms with E-state index in [0.717, 1.165) is 12.1 Å². The van der Waals surface area contributed by atoms with Crippen molar-refractivity contribution < 1.29 is 18.4 Å². The van der Waals surface area contributed by atoms with E-state index in [9.17, 15) is 18.4 Å². The summed E-state index contributed by atoms with van der Waals surface area (Å²) in [4.78, 5) is 28.6. The Hall–Kier alpha value is -2.65. The highest BCUT2D eigenvalue weighted by Crippen LogP contribution is 2.26. The lowest BCUT2D eigenvalue weighted by Crippen LogP contribution is -2.24. The molecule has 0 unspecified atom stereocenters. The molecule has 0 radical (unpaired) electrons. The Morgan fingerprint density at radius 3 is 2.70 bits per heavy atom. The van der Waals surface area contributed by atoms with E-state index in [-0.39, 0.29) is 18.2 Å². The lowest BCUT2D eigenvalue weighted by Gasteiger charge is -2.04. The van der Waals surface area contributed by atoms with Crippen LogP contribution >= 0.6 is 22.7 Å². The number of amides is 2. The van der Waals surface area contributed by atoms with Crippen LogP contribution in [-0.2, 0) is 4.79 Å². The van der Waals surface area contributed by atoms with Gasteiger partial charge in [0, 0.05) is 23.9 Å². The van der Waals surface area contributed by atoms with E-state index >= 15 is 0 Å². The van der Waals surface area contributed by atoms with Crippen LogP contribution in [0.3, 0.4) is 0 Å². The molecule has 0 spiro atoms. The molecule has 0 bridgehead atoms. The summed E-state index contributed by atoms with van der Waals surface area (Å²) in [5.41, 5.74) is 0.888. The van der Waals surface area contributed by atoms with Crippen LogP contribution < -0.4 is 10.6 Å². The first-order chi connectivity index (χ1) is 13.0. The smallest absolute Gasteiger partial charge is 0.261 e. The molecule has 0 saturated heterocycles. The number of benzene rings is 1. The predicted molar refractivity (Wildman–Crippen MR) is 102 cm³/mol. The topological polar surface area (TPSA) is 71.1 Å². The number of thiophene rings is 1. The number of rotatable bonds is 7. The van der Waals surface area contributed by atoms with Gasteiger partial charge in [-0.2, -0.15) is 0 Å². The molecule has 3 rings (SSSR count). The molecule has 0 saturated carbocycles. The molecule has 140 valence electrons. The standard InChI is InChI=1S/C18H15F2N3O2S2/c19-12-6-5-11(9-13(12)20)14-10-27-18(22-14)23-16(24)4-1-7-21-17(25)15-3-2-8-26-15/h2-3,5-6,8-10H,1,4,7H2,(H,21,25)(H,22,23,24). The number of carbonyl (C=O) groups excluding carboxylic acids is 2. The van der Waals surface area contributed by atoms with E-state index < -0.39 is 11.6 Å². The van der Waals surface area contributed by atoms with E-state index in [2.05, 4.69) is 15.6 Å². The van der Waals surface area contributed by atoms with E-state index in [1.54, 1.807) is 17.5 Å². The quantitative estimate of drug-likeness (QED) is 0.574. The first-order valence-electron chi connectivity index (χ1n) is 8.05. The average molecular weight is 407 g/mol. The molecule has 2 aromatic heterocycles. The van der Waals surface area contributed by atoms with Gasteiger partial charge in [-0.05, 0) is 36.1 Å².